The molecule has 52 heavy (non-hydrogen) atoms. The van der Waals surface area contributed by atoms with Gasteiger partial charge in [-0.3, -0.25) is 0 Å². The van der Waals surface area contributed by atoms with Gasteiger partial charge in [0.2, 0.25) is 0 Å². The van der Waals surface area contributed by atoms with Crippen LogP contribution in [0, 0.1) is 0 Å². The molecule has 0 radical (unpaired) electrons. The topological polar surface area (TPSA) is 16.4 Å². The number of hydrogen-bond donors (Lipinski definition) is 0. The van der Waals surface area contributed by atoms with Gasteiger partial charge in [-0.1, -0.05) is 140 Å². The fraction of sp³-hybridized carbons (Fsp3) is 0. The molecule has 10 rings (SSSR count). The van der Waals surface area contributed by atoms with E-state index < -0.39 is 0 Å². The molecule has 0 saturated heterocycles. The first-order valence-corrected chi connectivity index (χ1v) is 17.8. The van der Waals surface area contributed by atoms with Crippen LogP contribution in [0.3, 0.4) is 0 Å². The van der Waals surface area contributed by atoms with Gasteiger partial charge in [-0.05, 0) is 116 Å². The van der Waals surface area contributed by atoms with Gasteiger partial charge in [0.05, 0.1) is 11.1 Å². The molecule has 0 aliphatic rings. The maximum Gasteiger partial charge on any atom is 0.137 e. The molecule has 2 nitrogen and oxygen atoms in total. The van der Waals surface area contributed by atoms with Gasteiger partial charge in [0.1, 0.15) is 11.2 Å². The standard InChI is InChI=1S/C50H33NO/c1-2-13-36(14-3-1)46-33-41(31-40-16-6-7-19-44(40)46)35-26-28-42(29-27-35)51(47-21-11-23-49-50(47)45-20-8-9-22-48(45)52-49)43-18-10-17-38(32-43)39-25-24-34-12-4-5-15-37(34)30-39/h1-33H. The van der Waals surface area contributed by atoms with Gasteiger partial charge >= 0.3 is 0 Å². The van der Waals surface area contributed by atoms with Crippen molar-refractivity contribution >= 4 is 60.5 Å². The Kier molecular flexibility index (Phi) is 7.18. The van der Waals surface area contributed by atoms with Crippen LogP contribution in [0.5, 0.6) is 0 Å². The van der Waals surface area contributed by atoms with Gasteiger partial charge in [-0.25, -0.2) is 0 Å². The van der Waals surface area contributed by atoms with Crippen molar-refractivity contribution in [2.24, 2.45) is 0 Å². The molecule has 0 atom stereocenters. The van der Waals surface area contributed by atoms with Crippen LogP contribution < -0.4 is 4.90 Å². The first kappa shape index (κ1) is 30.0. The molecule has 1 aromatic heterocycles. The van der Waals surface area contributed by atoms with Crippen LogP contribution in [0.4, 0.5) is 17.1 Å². The quantitative estimate of drug-likeness (QED) is 0.176. The van der Waals surface area contributed by atoms with Crippen molar-refractivity contribution in [3.63, 3.8) is 0 Å². The highest BCUT2D eigenvalue weighted by Gasteiger charge is 2.20. The molecule has 244 valence electrons. The first-order chi connectivity index (χ1) is 25.8. The summed E-state index contributed by atoms with van der Waals surface area (Å²) in [6.45, 7) is 0. The van der Waals surface area contributed by atoms with Gasteiger partial charge in [0, 0.05) is 16.8 Å². The Morgan fingerprint density at radius 2 is 0.962 bits per heavy atom. The number of fused-ring (bicyclic) bond motifs is 5. The van der Waals surface area contributed by atoms with Gasteiger partial charge in [0.15, 0.2) is 0 Å². The summed E-state index contributed by atoms with van der Waals surface area (Å²) in [6.07, 6.45) is 0. The van der Waals surface area contributed by atoms with Crippen LogP contribution >= 0.6 is 0 Å². The van der Waals surface area contributed by atoms with Crippen molar-refractivity contribution in [1.29, 1.82) is 0 Å². The van der Waals surface area contributed by atoms with E-state index in [9.17, 15) is 0 Å². The van der Waals surface area contributed by atoms with Crippen molar-refractivity contribution in [1.82, 2.24) is 0 Å². The minimum Gasteiger partial charge on any atom is -0.456 e. The Bertz CT molecular complexity index is 2900. The van der Waals surface area contributed by atoms with Crippen LogP contribution in [0.15, 0.2) is 205 Å². The average molecular weight is 664 g/mol. The first-order valence-electron chi connectivity index (χ1n) is 17.8. The highest BCUT2D eigenvalue weighted by Crippen LogP contribution is 2.44. The third kappa shape index (κ3) is 5.21. The summed E-state index contributed by atoms with van der Waals surface area (Å²) in [5, 5.41) is 7.16. The fourth-order valence-electron chi connectivity index (χ4n) is 7.70. The van der Waals surface area contributed by atoms with Gasteiger partial charge < -0.3 is 9.32 Å². The summed E-state index contributed by atoms with van der Waals surface area (Å²) in [4.78, 5) is 2.37. The average Bonchev–Trinajstić information content (AvgIpc) is 3.61. The number of nitrogens with zero attached hydrogens (tertiary/aromatic N) is 1. The molecule has 0 fully saturated rings. The smallest absolute Gasteiger partial charge is 0.137 e. The second-order valence-corrected chi connectivity index (χ2v) is 13.4. The van der Waals surface area contributed by atoms with Crippen molar-refractivity contribution in [3.05, 3.63) is 200 Å². The van der Waals surface area contributed by atoms with Gasteiger partial charge in [0.25, 0.3) is 0 Å². The summed E-state index contributed by atoms with van der Waals surface area (Å²) in [5.74, 6) is 0. The Morgan fingerprint density at radius 3 is 1.83 bits per heavy atom. The Labute approximate surface area is 302 Å². The van der Waals surface area contributed by atoms with Crippen molar-refractivity contribution in [2.45, 2.75) is 0 Å². The second kappa shape index (κ2) is 12.5. The Balaban J connectivity index is 1.13. The maximum atomic E-state index is 6.38. The molecular formula is C50H33NO. The summed E-state index contributed by atoms with van der Waals surface area (Å²) in [7, 11) is 0. The maximum absolute atomic E-state index is 6.38. The lowest BCUT2D eigenvalue weighted by molar-refractivity contribution is 0.669. The number of hydrogen-bond acceptors (Lipinski definition) is 2. The SMILES string of the molecule is c1ccc(-c2cc(-c3ccc(N(c4cccc(-c5ccc6ccccc6c5)c4)c4cccc5oc6ccccc6c45)cc3)cc3ccccc23)cc1. The van der Waals surface area contributed by atoms with E-state index in [0.29, 0.717) is 0 Å². The zero-order valence-corrected chi connectivity index (χ0v) is 28.4. The molecule has 9 aromatic carbocycles. The number of furan rings is 1. The summed E-state index contributed by atoms with van der Waals surface area (Å²) >= 11 is 0. The lowest BCUT2D eigenvalue weighted by Crippen LogP contribution is -2.10. The zero-order valence-electron chi connectivity index (χ0n) is 28.4. The van der Waals surface area contributed by atoms with Crippen LogP contribution in [-0.4, -0.2) is 0 Å². The summed E-state index contributed by atoms with van der Waals surface area (Å²) in [5.41, 5.74) is 12.1. The van der Waals surface area contributed by atoms with Crippen LogP contribution in [-0.2, 0) is 0 Å². The lowest BCUT2D eigenvalue weighted by Gasteiger charge is -2.27. The van der Waals surface area contributed by atoms with Crippen LogP contribution in [0.2, 0.25) is 0 Å². The predicted molar refractivity (Wildman–Crippen MR) is 220 cm³/mol. The van der Waals surface area contributed by atoms with E-state index in [1.54, 1.807) is 0 Å². The highest BCUT2D eigenvalue weighted by atomic mass is 16.3. The van der Waals surface area contributed by atoms with Crippen molar-refractivity contribution in [2.75, 3.05) is 4.90 Å². The molecule has 0 N–H and O–H groups in total. The molecule has 0 bridgehead atoms. The molecule has 2 heteroatoms. The van der Waals surface area contributed by atoms with Gasteiger partial charge in [-0.2, -0.15) is 0 Å². The highest BCUT2D eigenvalue weighted by molar-refractivity contribution is 6.13. The largest absolute Gasteiger partial charge is 0.456 e. The van der Waals surface area contributed by atoms with E-state index in [1.807, 2.05) is 12.1 Å². The van der Waals surface area contributed by atoms with Crippen molar-refractivity contribution in [3.8, 4) is 33.4 Å². The van der Waals surface area contributed by atoms with E-state index in [4.69, 9.17) is 4.42 Å². The zero-order chi connectivity index (χ0) is 34.4. The van der Waals surface area contributed by atoms with E-state index in [1.165, 1.54) is 54.9 Å². The normalized spacial score (nSPS) is 11.5. The second-order valence-electron chi connectivity index (χ2n) is 13.4. The predicted octanol–water partition coefficient (Wildman–Crippen LogP) is 14.4. The number of benzene rings is 9. The number of para-hydroxylation sites is 1. The number of rotatable bonds is 6. The van der Waals surface area contributed by atoms with E-state index in [0.717, 1.165) is 39.0 Å². The Hall–Kier alpha value is -6.90. The lowest BCUT2D eigenvalue weighted by atomic mass is 9.93. The van der Waals surface area contributed by atoms with Gasteiger partial charge in [-0.15, -0.1) is 0 Å². The molecule has 0 spiro atoms. The fourth-order valence-corrected chi connectivity index (χ4v) is 7.70. The summed E-state index contributed by atoms with van der Waals surface area (Å²) < 4.78 is 6.38. The van der Waals surface area contributed by atoms with Crippen molar-refractivity contribution < 1.29 is 4.42 Å². The monoisotopic (exact) mass is 663 g/mol. The molecule has 0 aliphatic heterocycles. The summed E-state index contributed by atoms with van der Waals surface area (Å²) in [6, 6.07) is 71.8. The minimum absolute atomic E-state index is 0.871. The molecule has 1 heterocycles. The molecule has 0 amide bonds. The van der Waals surface area contributed by atoms with Crippen LogP contribution in [0.1, 0.15) is 0 Å². The molecule has 0 unspecified atom stereocenters. The third-order valence-electron chi connectivity index (χ3n) is 10.2. The van der Waals surface area contributed by atoms with E-state index in [-0.39, 0.29) is 0 Å². The van der Waals surface area contributed by atoms with E-state index in [2.05, 4.69) is 193 Å². The Morgan fingerprint density at radius 1 is 0.327 bits per heavy atom. The molecule has 0 saturated carbocycles. The molecular weight excluding hydrogens is 631 g/mol. The minimum atomic E-state index is 0.871. The third-order valence-corrected chi connectivity index (χ3v) is 10.2. The molecule has 0 aliphatic carbocycles. The molecule has 10 aromatic rings. The van der Waals surface area contributed by atoms with Crippen LogP contribution in [0.25, 0.3) is 76.9 Å². The van der Waals surface area contributed by atoms with E-state index >= 15 is 0 Å². The number of anilines is 3.